The van der Waals surface area contributed by atoms with Crippen molar-refractivity contribution in [2.45, 2.75) is 0 Å². The monoisotopic (exact) mass is 302 g/mol. The van der Waals surface area contributed by atoms with Gasteiger partial charge in [0.15, 0.2) is 11.5 Å². The third-order valence-electron chi connectivity index (χ3n) is 3.35. The number of fused-ring (bicyclic) bond motifs is 1. The second-order valence-corrected chi connectivity index (χ2v) is 5.49. The number of imidazole rings is 1. The first kappa shape index (κ1) is 12.5. The number of aromatic amines is 1. The molecule has 4 rings (SSSR count). The van der Waals surface area contributed by atoms with Crippen LogP contribution in [0, 0.1) is 0 Å². The predicted molar refractivity (Wildman–Crippen MR) is 82.3 cm³/mol. The minimum Gasteiger partial charge on any atom is -0.378 e. The highest BCUT2D eigenvalue weighted by atomic mass is 32.1. The maximum atomic E-state index is 5.41. The Balaban J connectivity index is 1.74. The lowest BCUT2D eigenvalue weighted by molar-refractivity contribution is 0.122. The summed E-state index contributed by atoms with van der Waals surface area (Å²) in [6, 6.07) is 2.00. The molecule has 0 aromatic carbocycles. The summed E-state index contributed by atoms with van der Waals surface area (Å²) in [5.74, 6) is 1.44. The molecule has 3 aromatic rings. The molecular formula is C13H14N6OS. The largest absolute Gasteiger partial charge is 0.378 e. The second-order valence-electron chi connectivity index (χ2n) is 4.71. The van der Waals surface area contributed by atoms with E-state index in [1.165, 1.54) is 0 Å². The van der Waals surface area contributed by atoms with Gasteiger partial charge in [-0.2, -0.15) is 21.3 Å². The molecule has 1 aliphatic rings. The summed E-state index contributed by atoms with van der Waals surface area (Å²) in [6.45, 7) is 3.08. The fraction of sp³-hybridized carbons (Fsp3) is 0.308. The number of thiophene rings is 1. The van der Waals surface area contributed by atoms with Crippen molar-refractivity contribution in [3.63, 3.8) is 0 Å². The number of nitrogens with zero attached hydrogens (tertiary/aromatic N) is 4. The lowest BCUT2D eigenvalue weighted by Gasteiger charge is -2.28. The van der Waals surface area contributed by atoms with E-state index >= 15 is 0 Å². The van der Waals surface area contributed by atoms with Crippen LogP contribution in [-0.2, 0) is 4.74 Å². The first-order valence-electron chi connectivity index (χ1n) is 6.73. The quantitative estimate of drug-likeness (QED) is 0.770. The van der Waals surface area contributed by atoms with Gasteiger partial charge in [0.1, 0.15) is 5.52 Å². The van der Waals surface area contributed by atoms with Crippen molar-refractivity contribution < 1.29 is 4.74 Å². The topological polar surface area (TPSA) is 79.0 Å². The second kappa shape index (κ2) is 5.30. The molecule has 0 radical (unpaired) electrons. The van der Waals surface area contributed by atoms with E-state index in [-0.39, 0.29) is 0 Å². The van der Waals surface area contributed by atoms with E-state index in [9.17, 15) is 0 Å². The standard InChI is InChI=1S/C13H14N6OS/c1-6-21-7-9(1)16-13-17-11-10(14-8-15-11)12(18-13)19-2-4-20-5-3-19/h1,6-8H,2-5H2,(H2,14,15,16,17,18). The Morgan fingerprint density at radius 1 is 1.29 bits per heavy atom. The molecule has 7 nitrogen and oxygen atoms in total. The zero-order chi connectivity index (χ0) is 14.1. The average molecular weight is 302 g/mol. The van der Waals surface area contributed by atoms with Crippen LogP contribution in [-0.4, -0.2) is 46.2 Å². The molecule has 108 valence electrons. The van der Waals surface area contributed by atoms with Crippen molar-refractivity contribution in [3.8, 4) is 0 Å². The van der Waals surface area contributed by atoms with E-state index in [0.717, 1.165) is 30.1 Å². The summed E-state index contributed by atoms with van der Waals surface area (Å²) < 4.78 is 5.41. The van der Waals surface area contributed by atoms with Crippen molar-refractivity contribution in [3.05, 3.63) is 23.2 Å². The van der Waals surface area contributed by atoms with Crippen LogP contribution in [0.3, 0.4) is 0 Å². The third-order valence-corrected chi connectivity index (χ3v) is 4.04. The zero-order valence-corrected chi connectivity index (χ0v) is 12.1. The fourth-order valence-corrected chi connectivity index (χ4v) is 2.93. The molecule has 1 fully saturated rings. The van der Waals surface area contributed by atoms with Gasteiger partial charge in [0.25, 0.3) is 0 Å². The van der Waals surface area contributed by atoms with Crippen molar-refractivity contribution in [1.82, 2.24) is 19.9 Å². The third kappa shape index (κ3) is 2.43. The maximum Gasteiger partial charge on any atom is 0.231 e. The van der Waals surface area contributed by atoms with Crippen molar-refractivity contribution in [2.24, 2.45) is 0 Å². The number of hydrogen-bond acceptors (Lipinski definition) is 7. The average Bonchev–Trinajstić information content (AvgIpc) is 3.18. The molecule has 0 unspecified atom stereocenters. The molecule has 0 bridgehead atoms. The normalized spacial score (nSPS) is 15.5. The van der Waals surface area contributed by atoms with E-state index in [4.69, 9.17) is 4.74 Å². The molecule has 0 spiro atoms. The van der Waals surface area contributed by atoms with Gasteiger partial charge in [-0.3, -0.25) is 0 Å². The molecule has 21 heavy (non-hydrogen) atoms. The minimum atomic E-state index is 0.564. The van der Waals surface area contributed by atoms with Crippen LogP contribution in [0.4, 0.5) is 17.5 Å². The number of aromatic nitrogens is 4. The molecule has 0 atom stereocenters. The molecule has 1 saturated heterocycles. The maximum absolute atomic E-state index is 5.41. The molecule has 4 heterocycles. The van der Waals surface area contributed by atoms with E-state index < -0.39 is 0 Å². The molecule has 3 aromatic heterocycles. The van der Waals surface area contributed by atoms with Gasteiger partial charge in [0.05, 0.1) is 25.2 Å². The first-order chi connectivity index (χ1) is 10.4. The molecular weight excluding hydrogens is 288 g/mol. The van der Waals surface area contributed by atoms with E-state index in [1.54, 1.807) is 17.7 Å². The van der Waals surface area contributed by atoms with Crippen LogP contribution < -0.4 is 10.2 Å². The summed E-state index contributed by atoms with van der Waals surface area (Å²) in [7, 11) is 0. The summed E-state index contributed by atoms with van der Waals surface area (Å²) in [5, 5.41) is 7.25. The molecule has 8 heteroatoms. The number of H-pyrrole nitrogens is 1. The lowest BCUT2D eigenvalue weighted by Crippen LogP contribution is -2.37. The number of morpholine rings is 1. The Bertz CT molecular complexity index is 734. The van der Waals surface area contributed by atoms with Crippen LogP contribution in [0.2, 0.25) is 0 Å². The van der Waals surface area contributed by atoms with Gasteiger partial charge >= 0.3 is 0 Å². The highest BCUT2D eigenvalue weighted by Crippen LogP contribution is 2.25. The van der Waals surface area contributed by atoms with Gasteiger partial charge in [-0.25, -0.2) is 4.98 Å². The highest BCUT2D eigenvalue weighted by molar-refractivity contribution is 7.08. The van der Waals surface area contributed by atoms with Gasteiger partial charge in [-0.05, 0) is 11.4 Å². The van der Waals surface area contributed by atoms with Gasteiger partial charge in [0, 0.05) is 18.5 Å². The molecule has 1 aliphatic heterocycles. The fourth-order valence-electron chi connectivity index (χ4n) is 2.34. The number of ether oxygens (including phenoxy) is 1. The molecule has 0 saturated carbocycles. The summed E-state index contributed by atoms with van der Waals surface area (Å²) in [6.07, 6.45) is 1.65. The zero-order valence-electron chi connectivity index (χ0n) is 11.2. The van der Waals surface area contributed by atoms with Gasteiger partial charge < -0.3 is 19.9 Å². The Kier molecular flexibility index (Phi) is 3.17. The van der Waals surface area contributed by atoms with Crippen LogP contribution in [0.5, 0.6) is 0 Å². The Labute approximate surface area is 125 Å². The van der Waals surface area contributed by atoms with Crippen LogP contribution in [0.1, 0.15) is 0 Å². The van der Waals surface area contributed by atoms with Gasteiger partial charge in [0.2, 0.25) is 5.95 Å². The molecule has 2 N–H and O–H groups in total. The minimum absolute atomic E-state index is 0.564. The van der Waals surface area contributed by atoms with Crippen molar-refractivity contribution in [1.29, 1.82) is 0 Å². The van der Waals surface area contributed by atoms with E-state index in [0.29, 0.717) is 24.8 Å². The van der Waals surface area contributed by atoms with Crippen molar-refractivity contribution >= 4 is 40.0 Å². The molecule has 0 amide bonds. The lowest BCUT2D eigenvalue weighted by atomic mass is 10.3. The number of nitrogens with one attached hydrogen (secondary N) is 2. The Hall–Kier alpha value is -2.19. The van der Waals surface area contributed by atoms with Crippen LogP contribution in [0.25, 0.3) is 11.2 Å². The summed E-state index contributed by atoms with van der Waals surface area (Å²) in [5.41, 5.74) is 2.53. The number of hydrogen-bond donors (Lipinski definition) is 2. The smallest absolute Gasteiger partial charge is 0.231 e. The number of anilines is 3. The van der Waals surface area contributed by atoms with Crippen molar-refractivity contribution in [2.75, 3.05) is 36.5 Å². The van der Waals surface area contributed by atoms with Gasteiger partial charge in [-0.15, -0.1) is 0 Å². The Morgan fingerprint density at radius 3 is 3.00 bits per heavy atom. The predicted octanol–water partition coefficient (Wildman–Crippen LogP) is 1.99. The van der Waals surface area contributed by atoms with E-state index in [2.05, 4.69) is 30.2 Å². The Morgan fingerprint density at radius 2 is 2.19 bits per heavy atom. The van der Waals surface area contributed by atoms with Gasteiger partial charge in [-0.1, -0.05) is 0 Å². The van der Waals surface area contributed by atoms with E-state index in [1.807, 2.05) is 16.8 Å². The summed E-state index contributed by atoms with van der Waals surface area (Å²) in [4.78, 5) is 18.7. The molecule has 0 aliphatic carbocycles. The number of rotatable bonds is 3. The summed E-state index contributed by atoms with van der Waals surface area (Å²) >= 11 is 1.63. The SMILES string of the molecule is c1nc2nc(Nc3ccsc3)nc(N3CCOCC3)c2[nH]1. The van der Waals surface area contributed by atoms with Crippen LogP contribution in [0.15, 0.2) is 23.2 Å². The van der Waals surface area contributed by atoms with Crippen LogP contribution >= 0.6 is 11.3 Å². The first-order valence-corrected chi connectivity index (χ1v) is 7.67. The highest BCUT2D eigenvalue weighted by Gasteiger charge is 2.18.